The van der Waals surface area contributed by atoms with Gasteiger partial charge in [-0.15, -0.1) is 0 Å². The van der Waals surface area contributed by atoms with Crippen molar-refractivity contribution in [2.24, 2.45) is 0 Å². The Morgan fingerprint density at radius 3 is 2.50 bits per heavy atom. The van der Waals surface area contributed by atoms with Crippen molar-refractivity contribution in [3.63, 3.8) is 0 Å². The Bertz CT molecular complexity index is 587. The van der Waals surface area contributed by atoms with E-state index in [1.165, 1.54) is 12.1 Å². The first-order valence-corrected chi connectivity index (χ1v) is 6.54. The molecule has 0 aliphatic carbocycles. The van der Waals surface area contributed by atoms with Gasteiger partial charge < -0.3 is 0 Å². The third kappa shape index (κ3) is 3.98. The van der Waals surface area contributed by atoms with Gasteiger partial charge in [-0.05, 0) is 29.8 Å². The summed E-state index contributed by atoms with van der Waals surface area (Å²) in [6.45, 7) is 0.234. The van der Waals surface area contributed by atoms with E-state index in [2.05, 4.69) is 21.4 Å². The number of alkyl halides is 3. The molecule has 0 unspecified atom stereocenters. The smallest absolute Gasteiger partial charge is 0.271 e. The van der Waals surface area contributed by atoms with Crippen LogP contribution in [0.15, 0.2) is 53.0 Å². The van der Waals surface area contributed by atoms with Crippen LogP contribution in [0.5, 0.6) is 0 Å². The number of rotatable bonds is 4. The van der Waals surface area contributed by atoms with Gasteiger partial charge in [0.25, 0.3) is 0 Å². The zero-order valence-electron chi connectivity index (χ0n) is 10.2. The first-order valence-electron chi connectivity index (χ1n) is 5.75. The van der Waals surface area contributed by atoms with Gasteiger partial charge in [0.2, 0.25) is 0 Å². The van der Waals surface area contributed by atoms with E-state index >= 15 is 0 Å². The van der Waals surface area contributed by atoms with E-state index in [1.54, 1.807) is 0 Å². The molecular weight excluding hydrogens is 335 g/mol. The summed E-state index contributed by atoms with van der Waals surface area (Å²) in [6, 6.07) is 12.3. The first-order chi connectivity index (χ1) is 9.47. The highest BCUT2D eigenvalue weighted by molar-refractivity contribution is 9.10. The van der Waals surface area contributed by atoms with Gasteiger partial charge in [-0.25, -0.2) is 0 Å². The van der Waals surface area contributed by atoms with Crippen molar-refractivity contribution in [3.8, 4) is 0 Å². The van der Waals surface area contributed by atoms with Crippen molar-refractivity contribution < 1.29 is 18.0 Å². The van der Waals surface area contributed by atoms with Crippen LogP contribution in [0.2, 0.25) is 0 Å². The summed E-state index contributed by atoms with van der Waals surface area (Å²) in [6.07, 6.45) is -4.36. The summed E-state index contributed by atoms with van der Waals surface area (Å²) in [5.41, 5.74) is 2.95. The van der Waals surface area contributed by atoms with Gasteiger partial charge in [-0.3, -0.25) is 10.3 Å². The van der Waals surface area contributed by atoms with E-state index in [4.69, 9.17) is 4.84 Å². The molecule has 0 atom stereocenters. The number of anilines is 1. The summed E-state index contributed by atoms with van der Waals surface area (Å²) in [4.78, 5) is 5.21. The van der Waals surface area contributed by atoms with E-state index in [1.807, 2.05) is 24.3 Å². The van der Waals surface area contributed by atoms with Crippen molar-refractivity contribution in [1.29, 1.82) is 0 Å². The molecule has 0 spiro atoms. The van der Waals surface area contributed by atoms with E-state index < -0.39 is 11.7 Å². The van der Waals surface area contributed by atoms with Crippen molar-refractivity contribution in [2.75, 3.05) is 5.48 Å². The van der Waals surface area contributed by atoms with Crippen LogP contribution in [0.25, 0.3) is 0 Å². The van der Waals surface area contributed by atoms with Gasteiger partial charge in [0.05, 0.1) is 11.3 Å². The second kappa shape index (κ2) is 6.28. The lowest BCUT2D eigenvalue weighted by Gasteiger charge is -2.11. The van der Waals surface area contributed by atoms with E-state index in [-0.39, 0.29) is 12.3 Å². The molecule has 2 nitrogen and oxygen atoms in total. The van der Waals surface area contributed by atoms with Crippen LogP contribution >= 0.6 is 15.9 Å². The van der Waals surface area contributed by atoms with Gasteiger partial charge in [0.15, 0.2) is 0 Å². The minimum atomic E-state index is -4.36. The Balaban J connectivity index is 1.97. The molecule has 0 amide bonds. The highest BCUT2D eigenvalue weighted by atomic mass is 79.9. The molecule has 6 heteroatoms. The second-order valence-corrected chi connectivity index (χ2v) is 4.92. The number of nitrogens with one attached hydrogen (secondary N) is 1. The zero-order valence-corrected chi connectivity index (χ0v) is 11.8. The maximum atomic E-state index is 12.5. The van der Waals surface area contributed by atoms with Gasteiger partial charge in [-0.1, -0.05) is 40.2 Å². The maximum absolute atomic E-state index is 12.5. The van der Waals surface area contributed by atoms with Crippen molar-refractivity contribution >= 4 is 21.6 Å². The van der Waals surface area contributed by atoms with Crippen LogP contribution in [-0.2, 0) is 17.6 Å². The van der Waals surface area contributed by atoms with Gasteiger partial charge >= 0.3 is 6.18 Å². The summed E-state index contributed by atoms with van der Waals surface area (Å²) < 4.78 is 38.5. The Hall–Kier alpha value is -1.53. The fourth-order valence-electron chi connectivity index (χ4n) is 1.57. The number of halogens is 4. The molecule has 1 N–H and O–H groups in total. The molecule has 0 heterocycles. The lowest BCUT2D eigenvalue weighted by atomic mass is 10.2. The predicted molar refractivity (Wildman–Crippen MR) is 74.0 cm³/mol. The summed E-state index contributed by atoms with van der Waals surface area (Å²) in [5, 5.41) is 0. The predicted octanol–water partition coefficient (Wildman–Crippen LogP) is 5.01. The standard InChI is InChI=1S/C14H11BrF3NO/c15-13-7-2-1-4-10(13)9-20-19-12-6-3-5-11(8-12)14(16,17)18/h1-8,19H,9H2. The molecule has 2 aromatic carbocycles. The topological polar surface area (TPSA) is 21.3 Å². The SMILES string of the molecule is FC(F)(F)c1cccc(NOCc2ccccc2Br)c1. The molecule has 0 aromatic heterocycles. The molecule has 2 rings (SSSR count). The van der Waals surface area contributed by atoms with Crippen molar-refractivity contribution in [3.05, 3.63) is 64.1 Å². The number of hydrogen-bond donors (Lipinski definition) is 1. The monoisotopic (exact) mass is 345 g/mol. The third-order valence-electron chi connectivity index (χ3n) is 2.57. The van der Waals surface area contributed by atoms with Crippen LogP contribution in [0.3, 0.4) is 0 Å². The van der Waals surface area contributed by atoms with E-state index in [0.29, 0.717) is 0 Å². The molecule has 106 valence electrons. The summed E-state index contributed by atoms with van der Waals surface area (Å²) in [5.74, 6) is 0. The maximum Gasteiger partial charge on any atom is 0.416 e. The largest absolute Gasteiger partial charge is 0.416 e. The minimum absolute atomic E-state index is 0.234. The zero-order chi connectivity index (χ0) is 14.6. The minimum Gasteiger partial charge on any atom is -0.271 e. The van der Waals surface area contributed by atoms with Crippen molar-refractivity contribution in [1.82, 2.24) is 0 Å². The summed E-state index contributed by atoms with van der Waals surface area (Å²) in [7, 11) is 0. The Labute approximate surface area is 122 Å². The quantitative estimate of drug-likeness (QED) is 0.786. The molecule has 20 heavy (non-hydrogen) atoms. The molecular formula is C14H11BrF3NO. The second-order valence-electron chi connectivity index (χ2n) is 4.06. The van der Waals surface area contributed by atoms with Gasteiger partial charge in [0.1, 0.15) is 6.61 Å². The molecule has 0 saturated carbocycles. The number of benzene rings is 2. The number of hydrogen-bond acceptors (Lipinski definition) is 2. The Morgan fingerprint density at radius 2 is 1.80 bits per heavy atom. The highest BCUT2D eigenvalue weighted by Crippen LogP contribution is 2.30. The lowest BCUT2D eigenvalue weighted by molar-refractivity contribution is -0.137. The van der Waals surface area contributed by atoms with Crippen LogP contribution in [0, 0.1) is 0 Å². The van der Waals surface area contributed by atoms with Gasteiger partial charge in [-0.2, -0.15) is 13.2 Å². The van der Waals surface area contributed by atoms with Crippen LogP contribution in [0.4, 0.5) is 18.9 Å². The van der Waals surface area contributed by atoms with Crippen LogP contribution < -0.4 is 5.48 Å². The van der Waals surface area contributed by atoms with Crippen molar-refractivity contribution in [2.45, 2.75) is 12.8 Å². The average Bonchev–Trinajstić information content (AvgIpc) is 2.40. The van der Waals surface area contributed by atoms with Crippen LogP contribution in [0.1, 0.15) is 11.1 Å². The average molecular weight is 346 g/mol. The third-order valence-corrected chi connectivity index (χ3v) is 3.34. The molecule has 0 fully saturated rings. The molecule has 2 aromatic rings. The highest BCUT2D eigenvalue weighted by Gasteiger charge is 2.30. The molecule has 0 saturated heterocycles. The molecule has 0 aliphatic heterocycles. The first kappa shape index (κ1) is 14.9. The molecule has 0 radical (unpaired) electrons. The fraction of sp³-hybridized carbons (Fsp3) is 0.143. The van der Waals surface area contributed by atoms with E-state index in [9.17, 15) is 13.2 Å². The van der Waals surface area contributed by atoms with Crippen LogP contribution in [-0.4, -0.2) is 0 Å². The lowest BCUT2D eigenvalue weighted by Crippen LogP contribution is -2.07. The summed E-state index contributed by atoms with van der Waals surface area (Å²) >= 11 is 3.36. The Morgan fingerprint density at radius 1 is 1.05 bits per heavy atom. The van der Waals surface area contributed by atoms with E-state index in [0.717, 1.165) is 22.2 Å². The normalized spacial score (nSPS) is 11.4. The molecule has 0 bridgehead atoms. The Kier molecular flexibility index (Phi) is 4.67. The van der Waals surface area contributed by atoms with Gasteiger partial charge in [0, 0.05) is 4.47 Å². The fourth-order valence-corrected chi connectivity index (χ4v) is 1.97. The molecule has 0 aliphatic rings.